The number of carbonyl (C=O) groups is 6. The number of methoxy groups -OCH3 is 4. The number of aromatic carboxylic acids is 1. The Hall–Kier alpha value is -15.9. The molecule has 0 radical (unpaired) electrons. The molecule has 0 atom stereocenters. The molecule has 0 aliphatic carbocycles. The second kappa shape index (κ2) is 51.7. The van der Waals surface area contributed by atoms with Crippen molar-refractivity contribution < 1.29 is 86.8 Å². The number of halogens is 8. The van der Waals surface area contributed by atoms with Crippen LogP contribution in [-0.4, -0.2) is 170 Å². The summed E-state index contributed by atoms with van der Waals surface area (Å²) < 4.78 is 21.1. The van der Waals surface area contributed by atoms with E-state index >= 15 is 0 Å². The highest BCUT2D eigenvalue weighted by atomic mass is 35.5. The lowest BCUT2D eigenvalue weighted by Crippen LogP contribution is -2.21. The minimum atomic E-state index is -1.28. The van der Waals surface area contributed by atoms with Crippen molar-refractivity contribution in [3.8, 4) is 0 Å². The highest BCUT2D eigenvalue weighted by Crippen LogP contribution is 2.36. The van der Waals surface area contributed by atoms with Gasteiger partial charge in [-0.15, -0.1) is 0 Å². The first-order valence-electron chi connectivity index (χ1n) is 37.7. The van der Waals surface area contributed by atoms with Gasteiger partial charge in [0.2, 0.25) is 0 Å². The number of nitrogens with two attached hydrogens (primary N) is 4. The zero-order chi connectivity index (χ0) is 99.4. The van der Waals surface area contributed by atoms with Crippen molar-refractivity contribution in [2.45, 2.75) is 33.5 Å². The summed E-state index contributed by atoms with van der Waals surface area (Å²) in [6.45, 7) is 4.82. The average Bonchev–Trinajstić information content (AvgIpc) is 1.74. The maximum Gasteiger partial charge on any atom is 0.373 e. The lowest BCUT2D eigenvalue weighted by molar-refractivity contribution is -0.193. The first-order valence-corrected chi connectivity index (χ1v) is 40.7. The van der Waals surface area contributed by atoms with E-state index in [1.165, 1.54) is 80.7 Å². The van der Waals surface area contributed by atoms with E-state index in [4.69, 9.17) is 150 Å². The highest BCUT2D eigenvalue weighted by molar-refractivity contribution is 6.44. The molecule has 0 amide bonds. The Labute approximate surface area is 799 Å². The predicted octanol–water partition coefficient (Wildman–Crippen LogP) is 15.2. The van der Waals surface area contributed by atoms with Gasteiger partial charge in [-0.2, -0.15) is 54.3 Å². The van der Waals surface area contributed by atoms with Gasteiger partial charge in [-0.3, -0.25) is 49.0 Å². The largest absolute Gasteiger partial charge is 0.478 e. The van der Waals surface area contributed by atoms with E-state index in [0.29, 0.717) is 41.3 Å². The number of carboxylic acid groups (broad SMARTS) is 1. The third kappa shape index (κ3) is 28.1. The Kier molecular flexibility index (Phi) is 40.6. The molecule has 0 aliphatic heterocycles. The highest BCUT2D eigenvalue weighted by Gasteiger charge is 2.24. The quantitative estimate of drug-likeness (QED) is 0.0103. The molecular weight excluding hydrogens is 1930 g/mol. The fraction of sp³-hybridized carbons (Fsp3) is 0.102. The second-order valence-electron chi connectivity index (χ2n) is 26.8. The van der Waals surface area contributed by atoms with Gasteiger partial charge in [-0.25, -0.2) is 33.9 Å². The molecule has 7 heterocycles. The van der Waals surface area contributed by atoms with Crippen molar-refractivity contribution in [2.75, 3.05) is 45.6 Å². The van der Waals surface area contributed by atoms with Gasteiger partial charge in [-0.05, 0) is 120 Å². The number of carbonyl (C=O) groups excluding carboxylic acids is 11. The van der Waals surface area contributed by atoms with E-state index in [9.17, 15) is 43.5 Å². The monoisotopic (exact) mass is 1990 g/mol. The molecule has 39 nitrogen and oxygen atoms in total. The van der Waals surface area contributed by atoms with Crippen LogP contribution in [0.1, 0.15) is 95.5 Å². The number of nitrogens with one attached hydrogen (secondary N) is 5. The van der Waals surface area contributed by atoms with Crippen LogP contribution >= 0.6 is 92.8 Å². The minimum Gasteiger partial charge on any atom is -0.478 e. The third-order valence-corrected chi connectivity index (χ3v) is 21.2. The number of hydrogen-bond donors (Lipinski definition) is 11. The molecule has 0 aliphatic rings. The summed E-state index contributed by atoms with van der Waals surface area (Å²) in [4.78, 5) is 150. The van der Waals surface area contributed by atoms with Gasteiger partial charge < -0.3 is 52.2 Å². The molecule has 0 spiro atoms. The number of nitrogen functional groups attached to an aromatic ring is 3. The Morgan fingerprint density at radius 1 is 0.430 bits per heavy atom. The van der Waals surface area contributed by atoms with Crippen LogP contribution in [0.3, 0.4) is 0 Å². The van der Waals surface area contributed by atoms with E-state index < -0.39 is 23.9 Å². The lowest BCUT2D eigenvalue weighted by Gasteiger charge is -2.10. The zero-order valence-corrected chi connectivity index (χ0v) is 76.7. The molecule has 135 heavy (non-hydrogen) atoms. The Bertz CT molecular complexity index is 7440. The lowest BCUT2D eigenvalue weighted by atomic mass is 10.1. The molecule has 0 fully saturated rings. The predicted molar refractivity (Wildman–Crippen MR) is 503 cm³/mol. The SMILES string of the molecule is COC(=O)c1c(Cl)cc(C)c(N)c1Cl.COC(=O)c1c(Cl)cc2c(=O)n(Cc3ccc4cn[nH]c4c3)cnc2c1Cl.COC(=O)c1c(Cl)ccc(N)c1Cl.COC(=O)c1ccc(C)c(N)c1.NCc1ccc2cn[nH]c2c1.O/N=C/c1ccc2cn[nH]c2c1.O=C(O)c1c(Cl)cc2c(=O)n(Cc3ccc4cn[nH]c4c3)cnc2c1Cl.O=C=O.O=C=O.O=C=O.O=Cc1ccc2cn[nH]c2c1. The number of rotatable bonds is 12. The number of hydrogen-bond acceptors (Lipinski definition) is 31. The summed E-state index contributed by atoms with van der Waals surface area (Å²) in [7, 11) is 5.07. The molecule has 694 valence electrons. The number of aldehydes is 1. The number of oxime groups is 1. The van der Waals surface area contributed by atoms with Gasteiger partial charge in [0.1, 0.15) is 6.29 Å². The Morgan fingerprint density at radius 2 is 0.793 bits per heavy atom. The number of aryl methyl sites for hydroxylation is 2. The average molecular weight is 2000 g/mol. The first-order chi connectivity index (χ1) is 64.6. The molecule has 47 heteroatoms. The molecule has 0 unspecified atom stereocenters. The molecule has 0 saturated heterocycles. The number of aromatic amines is 5. The summed E-state index contributed by atoms with van der Waals surface area (Å²) in [6, 6.07) is 40.9. The molecular formula is C88H71Cl8N19O20. The number of carboxylic acids is 1. The van der Waals surface area contributed by atoms with Crippen LogP contribution in [0.2, 0.25) is 40.2 Å². The van der Waals surface area contributed by atoms with Crippen LogP contribution in [-0.2, 0) is 67.3 Å². The van der Waals surface area contributed by atoms with Crippen LogP contribution in [0.25, 0.3) is 76.3 Å². The number of nitrogens with zero attached hydrogens (tertiary/aromatic N) is 10. The van der Waals surface area contributed by atoms with Crippen molar-refractivity contribution >= 4 is 247 Å². The second-order valence-corrected chi connectivity index (χ2v) is 30.0. The van der Waals surface area contributed by atoms with Crippen molar-refractivity contribution in [2.24, 2.45) is 10.9 Å². The summed E-state index contributed by atoms with van der Waals surface area (Å²) in [5, 5.41) is 60.3. The number of ether oxygens (including phenoxy) is 4. The Balaban J connectivity index is 0.000000213. The van der Waals surface area contributed by atoms with Gasteiger partial charge in [0.05, 0.1) is 220 Å². The fourth-order valence-corrected chi connectivity index (χ4v) is 14.3. The normalized spacial score (nSPS) is 10.1. The zero-order valence-electron chi connectivity index (χ0n) is 70.6. The van der Waals surface area contributed by atoms with E-state index in [-0.39, 0.29) is 126 Å². The molecule has 7 aromatic heterocycles. The molecule has 17 rings (SSSR count). The minimum absolute atomic E-state index is 0.00696. The van der Waals surface area contributed by atoms with Gasteiger partial charge in [0.25, 0.3) is 11.1 Å². The molecule has 15 N–H and O–H groups in total. The Morgan fingerprint density at radius 3 is 1.19 bits per heavy atom. The topological polar surface area (TPSA) is 612 Å². The smallest absolute Gasteiger partial charge is 0.373 e. The summed E-state index contributed by atoms with van der Waals surface area (Å²) in [5.74, 6) is -3.51. The molecule has 0 bridgehead atoms. The summed E-state index contributed by atoms with van der Waals surface area (Å²) >= 11 is 47.7. The van der Waals surface area contributed by atoms with E-state index in [1.807, 2.05) is 85.8 Å². The number of esters is 4. The number of aromatic nitrogens is 14. The van der Waals surface area contributed by atoms with Gasteiger partial charge in [0, 0.05) is 44.7 Å². The van der Waals surface area contributed by atoms with E-state index in [0.717, 1.165) is 94.2 Å². The van der Waals surface area contributed by atoms with E-state index in [1.54, 1.807) is 74.3 Å². The molecule has 10 aromatic carbocycles. The fourth-order valence-electron chi connectivity index (χ4n) is 11.8. The molecule has 17 aromatic rings. The standard InChI is InChI=1S/C18H12Cl2N4O3.C17H10Cl2N4O3.C9H9Cl2NO2.C9H11NO2.C8H7Cl2NO2.C8H7N3O.C8H9N3.C8H6N2O.3CO2/c1-27-18(26)14-12(19)5-11-16(15(14)20)21-8-24(17(11)25)7-9-2-3-10-6-22-23-13(10)4-9;18-11-4-10-15(14(19)13(11)17(25)26)20-7-23(16(10)24)6-8-1-2-9-5-21-22-12(9)3-8;1-4-3-5(10)6(9(13)14-2)7(11)8(4)12;1-6-3-4-7(5-8(6)10)9(11)12-2;1-13-8(12)6-4(9)2-3-5(11)7(6)10;12-10-4-6-1-2-7-5-9-11-8(7)3-6;9-4-6-1-2-7-5-10-11-8(7)3-6;11-5-6-1-2-7-4-9-10-8(7)3-6;3*2-1-3/h2-6,8H,7H2,1H3,(H,22,23);1-5,7H,6H2,(H,21,22)(H,25,26);3H,12H2,1-2H3;3-5H,10H2,1-2H3;2-3H,11H2,1H3;1-5,12H,(H,9,11);1-3,5H,4,9H2,(H,10,11);1-5H,(H,9,10);;;/b;;;;;10-4+;;;;;. The summed E-state index contributed by atoms with van der Waals surface area (Å²) in [6.07, 6.45) is 14.4. The van der Waals surface area contributed by atoms with Crippen molar-refractivity contribution in [3.05, 3.63) is 311 Å². The number of benzene rings is 10. The van der Waals surface area contributed by atoms with Crippen LogP contribution in [0.5, 0.6) is 0 Å². The van der Waals surface area contributed by atoms with Crippen LogP contribution in [0.15, 0.2) is 198 Å². The maximum absolute atomic E-state index is 12.9. The van der Waals surface area contributed by atoms with Crippen LogP contribution in [0, 0.1) is 13.8 Å². The summed E-state index contributed by atoms with van der Waals surface area (Å²) in [5.41, 5.74) is 34.2. The van der Waals surface area contributed by atoms with E-state index in [2.05, 4.69) is 85.1 Å². The van der Waals surface area contributed by atoms with Crippen molar-refractivity contribution in [1.29, 1.82) is 0 Å². The van der Waals surface area contributed by atoms with Gasteiger partial charge >= 0.3 is 48.3 Å². The maximum atomic E-state index is 12.9. The first kappa shape index (κ1) is 106. The van der Waals surface area contributed by atoms with Gasteiger partial charge in [-0.1, -0.05) is 165 Å². The third-order valence-electron chi connectivity index (χ3n) is 18.4. The number of anilines is 3. The van der Waals surface area contributed by atoms with Crippen LogP contribution < -0.4 is 34.1 Å². The molecule has 0 saturated carbocycles. The van der Waals surface area contributed by atoms with Crippen molar-refractivity contribution in [1.82, 2.24) is 70.1 Å². The van der Waals surface area contributed by atoms with Crippen molar-refractivity contribution in [3.63, 3.8) is 0 Å². The number of H-pyrrole nitrogens is 5. The van der Waals surface area contributed by atoms with Crippen LogP contribution in [0.4, 0.5) is 17.1 Å². The van der Waals surface area contributed by atoms with Gasteiger partial charge in [0.15, 0.2) is 0 Å². The number of fused-ring (bicyclic) bond motifs is 7.